The topological polar surface area (TPSA) is 64.2 Å². The van der Waals surface area contributed by atoms with Crippen molar-refractivity contribution in [1.29, 1.82) is 0 Å². The summed E-state index contributed by atoms with van der Waals surface area (Å²) in [6.07, 6.45) is 0.978. The van der Waals surface area contributed by atoms with Crippen molar-refractivity contribution in [2.24, 2.45) is 5.92 Å². The molecule has 1 amide bonds. The second-order valence-corrected chi connectivity index (χ2v) is 8.78. The Bertz CT molecular complexity index is 745. The van der Waals surface area contributed by atoms with Crippen LogP contribution in [0.15, 0.2) is 35.5 Å². The Kier molecular flexibility index (Phi) is 8.51. The van der Waals surface area contributed by atoms with E-state index in [-0.39, 0.29) is 18.0 Å². The van der Waals surface area contributed by atoms with Crippen molar-refractivity contribution in [2.75, 3.05) is 19.8 Å². The molecule has 2 rings (SSSR count). The summed E-state index contributed by atoms with van der Waals surface area (Å²) >= 11 is 1.46. The van der Waals surface area contributed by atoms with Crippen molar-refractivity contribution in [3.63, 3.8) is 0 Å². The zero-order valence-corrected chi connectivity index (χ0v) is 18.7. The first-order valence-electron chi connectivity index (χ1n) is 10.0. The molecule has 0 aliphatic rings. The average molecular weight is 405 g/mol. The molecule has 2 N–H and O–H groups in total. The number of amides is 1. The third-order valence-electron chi connectivity index (χ3n) is 5.07. The maximum absolute atomic E-state index is 12.3. The van der Waals surface area contributed by atoms with E-state index in [0.717, 1.165) is 17.4 Å². The van der Waals surface area contributed by atoms with Crippen LogP contribution in [0.3, 0.4) is 0 Å². The molecule has 2 atom stereocenters. The van der Waals surface area contributed by atoms with Crippen LogP contribution >= 0.6 is 11.8 Å². The summed E-state index contributed by atoms with van der Waals surface area (Å²) in [4.78, 5) is 13.6. The molecule has 0 saturated heterocycles. The van der Waals surface area contributed by atoms with Crippen molar-refractivity contribution < 1.29 is 9.69 Å². The van der Waals surface area contributed by atoms with Gasteiger partial charge >= 0.3 is 0 Å². The van der Waals surface area contributed by atoms with Crippen LogP contribution in [0.1, 0.15) is 51.5 Å². The zero-order valence-electron chi connectivity index (χ0n) is 17.9. The van der Waals surface area contributed by atoms with E-state index in [1.165, 1.54) is 22.2 Å². The molecule has 0 fully saturated rings. The number of carbonyl (C=O) groups excluding carboxylic acids is 1. The Morgan fingerprint density at radius 2 is 1.86 bits per heavy atom. The van der Waals surface area contributed by atoms with E-state index in [9.17, 15) is 4.79 Å². The van der Waals surface area contributed by atoms with Crippen molar-refractivity contribution in [3.05, 3.63) is 41.7 Å². The minimum absolute atomic E-state index is 0.0345. The number of hydrogen-bond acceptors (Lipinski definition) is 4. The molecule has 0 bridgehead atoms. The number of nitrogens with one attached hydrogen (secondary N) is 2. The molecule has 28 heavy (non-hydrogen) atoms. The van der Waals surface area contributed by atoms with Crippen LogP contribution in [0, 0.1) is 5.92 Å². The average Bonchev–Trinajstić information content (AvgIpc) is 3.03. The van der Waals surface area contributed by atoms with E-state index in [2.05, 4.69) is 67.1 Å². The van der Waals surface area contributed by atoms with Crippen molar-refractivity contribution in [1.82, 2.24) is 20.1 Å². The van der Waals surface area contributed by atoms with Gasteiger partial charge in [-0.05, 0) is 18.4 Å². The fraction of sp³-hybridized carbons (Fsp3) is 0.571. The Morgan fingerprint density at radius 1 is 1.18 bits per heavy atom. The van der Waals surface area contributed by atoms with Gasteiger partial charge in [0.2, 0.25) is 5.91 Å². The van der Waals surface area contributed by atoms with E-state index < -0.39 is 0 Å². The lowest BCUT2D eigenvalue weighted by atomic mass is 10.1. The lowest BCUT2D eigenvalue weighted by molar-refractivity contribution is -0.893. The predicted octanol–water partition coefficient (Wildman–Crippen LogP) is 2.17. The van der Waals surface area contributed by atoms with E-state index in [4.69, 9.17) is 0 Å². The largest absolute Gasteiger partial charge is 0.353 e. The van der Waals surface area contributed by atoms with Crippen LogP contribution in [0.5, 0.6) is 0 Å². The van der Waals surface area contributed by atoms with Gasteiger partial charge in [-0.3, -0.25) is 9.36 Å². The molecular formula is C21H34N5OS+. The molecule has 7 heteroatoms. The first kappa shape index (κ1) is 22.4. The van der Waals surface area contributed by atoms with Crippen LogP contribution in [-0.4, -0.2) is 46.6 Å². The summed E-state index contributed by atoms with van der Waals surface area (Å²) < 4.78 is 2.17. The van der Waals surface area contributed by atoms with E-state index in [0.29, 0.717) is 18.2 Å². The molecule has 1 aromatic carbocycles. The van der Waals surface area contributed by atoms with Crippen LogP contribution in [0.4, 0.5) is 0 Å². The zero-order chi connectivity index (χ0) is 20.7. The highest BCUT2D eigenvalue weighted by molar-refractivity contribution is 7.99. The van der Waals surface area contributed by atoms with Gasteiger partial charge in [-0.15, -0.1) is 10.2 Å². The molecule has 0 unspecified atom stereocenters. The number of aromatic nitrogens is 3. The number of hydrogen-bond donors (Lipinski definition) is 2. The highest BCUT2D eigenvalue weighted by Crippen LogP contribution is 2.22. The number of carbonyl (C=O) groups is 1. The molecule has 2 aromatic rings. The molecular weight excluding hydrogens is 370 g/mol. The first-order chi connectivity index (χ1) is 13.3. The molecule has 1 aromatic heterocycles. The third kappa shape index (κ3) is 6.07. The minimum Gasteiger partial charge on any atom is -0.353 e. The van der Waals surface area contributed by atoms with Crippen LogP contribution < -0.4 is 10.2 Å². The van der Waals surface area contributed by atoms with Crippen LogP contribution in [0.25, 0.3) is 0 Å². The molecule has 0 spiro atoms. The maximum atomic E-state index is 12.3. The standard InChI is InChI=1S/C21H33N5OS/c1-7-18(25(5)6)20-23-24-21(26(20)13-17-11-9-8-10-12-17)28-14-19(27)22-16(4)15(2)3/h8-12,15-16,18H,7,13-14H2,1-6H3,(H,22,27)/p+1/t16-,18-/m0/s1. The normalized spacial score (nSPS) is 13.7. The number of nitrogens with zero attached hydrogens (tertiary/aromatic N) is 3. The summed E-state index contributed by atoms with van der Waals surface area (Å²) in [6.45, 7) is 9.13. The fourth-order valence-electron chi connectivity index (χ4n) is 3.02. The van der Waals surface area contributed by atoms with Gasteiger partial charge in [-0.25, -0.2) is 0 Å². The Hall–Kier alpha value is -1.86. The summed E-state index contributed by atoms with van der Waals surface area (Å²) in [5.41, 5.74) is 1.20. The highest BCUT2D eigenvalue weighted by Gasteiger charge is 2.25. The van der Waals surface area contributed by atoms with E-state index in [1.54, 1.807) is 0 Å². The van der Waals surface area contributed by atoms with Gasteiger partial charge in [0.05, 0.1) is 26.4 Å². The van der Waals surface area contributed by atoms with Crippen molar-refractivity contribution >= 4 is 17.7 Å². The van der Waals surface area contributed by atoms with Gasteiger partial charge in [0.15, 0.2) is 11.0 Å². The Balaban J connectivity index is 2.21. The highest BCUT2D eigenvalue weighted by atomic mass is 32.2. The minimum atomic E-state index is 0.0345. The summed E-state index contributed by atoms with van der Waals surface area (Å²) in [6, 6.07) is 10.7. The van der Waals surface area contributed by atoms with Gasteiger partial charge in [-0.1, -0.05) is 62.9 Å². The second-order valence-electron chi connectivity index (χ2n) is 7.84. The lowest BCUT2D eigenvalue weighted by Gasteiger charge is -2.20. The molecule has 0 aliphatic carbocycles. The number of rotatable bonds is 10. The maximum Gasteiger partial charge on any atom is 0.230 e. The fourth-order valence-corrected chi connectivity index (χ4v) is 3.78. The Labute approximate surface area is 173 Å². The summed E-state index contributed by atoms with van der Waals surface area (Å²) in [5, 5.41) is 12.8. The second kappa shape index (κ2) is 10.6. The molecule has 1 heterocycles. The summed E-state index contributed by atoms with van der Waals surface area (Å²) in [7, 11) is 4.28. The van der Waals surface area contributed by atoms with Gasteiger partial charge in [-0.2, -0.15) is 0 Å². The van der Waals surface area contributed by atoms with Crippen LogP contribution in [-0.2, 0) is 11.3 Å². The number of quaternary nitrogens is 1. The molecule has 0 aliphatic heterocycles. The van der Waals surface area contributed by atoms with E-state index >= 15 is 0 Å². The number of benzene rings is 1. The van der Waals surface area contributed by atoms with Crippen LogP contribution in [0.2, 0.25) is 0 Å². The predicted molar refractivity (Wildman–Crippen MR) is 115 cm³/mol. The first-order valence-corrected chi connectivity index (χ1v) is 11.0. The SMILES string of the molecule is CC[C@@H](c1nnc(SCC(=O)N[C@@H](C)C(C)C)n1Cc1ccccc1)[NH+](C)C. The smallest absolute Gasteiger partial charge is 0.230 e. The lowest BCUT2D eigenvalue weighted by Crippen LogP contribution is -3.06. The number of thioether (sulfide) groups is 1. The molecule has 154 valence electrons. The molecule has 6 nitrogen and oxygen atoms in total. The van der Waals surface area contributed by atoms with Gasteiger partial charge in [0.25, 0.3) is 0 Å². The van der Waals surface area contributed by atoms with Gasteiger partial charge in [0.1, 0.15) is 6.04 Å². The Morgan fingerprint density at radius 3 is 2.43 bits per heavy atom. The molecule has 0 saturated carbocycles. The van der Waals surface area contributed by atoms with E-state index in [1.807, 2.05) is 25.1 Å². The quantitative estimate of drug-likeness (QED) is 0.596. The summed E-state index contributed by atoms with van der Waals surface area (Å²) in [5.74, 6) is 1.77. The monoisotopic (exact) mass is 404 g/mol. The molecule has 0 radical (unpaired) electrons. The van der Waals surface area contributed by atoms with Gasteiger partial charge < -0.3 is 10.2 Å². The third-order valence-corrected chi connectivity index (χ3v) is 6.03. The van der Waals surface area contributed by atoms with Crippen molar-refractivity contribution in [2.45, 2.75) is 57.9 Å². The van der Waals surface area contributed by atoms with Gasteiger partial charge in [0, 0.05) is 12.5 Å². The van der Waals surface area contributed by atoms with Crippen molar-refractivity contribution in [3.8, 4) is 0 Å².